The molecule has 23 heavy (non-hydrogen) atoms. The summed E-state index contributed by atoms with van der Waals surface area (Å²) in [6.07, 6.45) is -0.216. The first-order valence-corrected chi connectivity index (χ1v) is 8.10. The molecule has 3 heterocycles. The van der Waals surface area contributed by atoms with E-state index in [1.807, 2.05) is 31.5 Å². The number of benzene rings is 1. The summed E-state index contributed by atoms with van der Waals surface area (Å²) in [4.78, 5) is 2.13. The van der Waals surface area contributed by atoms with Gasteiger partial charge in [0.15, 0.2) is 11.6 Å². The molecule has 3 aromatic rings. The Labute approximate surface area is 144 Å². The van der Waals surface area contributed by atoms with E-state index < -0.39 is 0 Å². The van der Waals surface area contributed by atoms with Crippen molar-refractivity contribution in [3.05, 3.63) is 52.5 Å². The van der Waals surface area contributed by atoms with E-state index in [1.165, 1.54) is 6.07 Å². The predicted octanol–water partition coefficient (Wildman–Crippen LogP) is 4.93. The molecule has 1 aliphatic rings. The van der Waals surface area contributed by atoms with Gasteiger partial charge in [0, 0.05) is 22.2 Å². The normalized spacial score (nSPS) is 17.8. The van der Waals surface area contributed by atoms with Crippen LogP contribution in [0.25, 0.3) is 10.1 Å². The molecule has 1 aromatic carbocycles. The maximum atomic E-state index is 14.3. The number of hydrogen-bond acceptors (Lipinski definition) is 4. The van der Waals surface area contributed by atoms with Crippen LogP contribution in [0.1, 0.15) is 23.2 Å². The first-order valence-electron chi connectivity index (χ1n) is 7.22. The van der Waals surface area contributed by atoms with Gasteiger partial charge >= 0.3 is 0 Å². The molecule has 3 nitrogen and oxygen atoms in total. The average Bonchev–Trinajstić information content (AvgIpc) is 3.07. The number of ether oxygens (including phenoxy) is 1. The SMILES string of the molecule is Cc1cc2c(o1)CN(C)CC2Oc1c(F)ccc2sccc12.Cl. The molecule has 0 N–H and O–H groups in total. The van der Waals surface area contributed by atoms with Gasteiger partial charge in [0.05, 0.1) is 6.54 Å². The molecule has 0 bridgehead atoms. The van der Waals surface area contributed by atoms with E-state index >= 15 is 0 Å². The van der Waals surface area contributed by atoms with Crippen molar-refractivity contribution in [1.29, 1.82) is 0 Å². The van der Waals surface area contributed by atoms with E-state index in [4.69, 9.17) is 9.15 Å². The van der Waals surface area contributed by atoms with Crippen LogP contribution in [0.5, 0.6) is 5.75 Å². The smallest absolute Gasteiger partial charge is 0.165 e. The molecule has 6 heteroatoms. The molecule has 2 aromatic heterocycles. The van der Waals surface area contributed by atoms with Gasteiger partial charge in [-0.15, -0.1) is 23.7 Å². The number of furan rings is 1. The molecule has 0 amide bonds. The summed E-state index contributed by atoms with van der Waals surface area (Å²) in [6, 6.07) is 7.18. The third-order valence-corrected chi connectivity index (χ3v) is 4.88. The molecule has 0 spiro atoms. The summed E-state index contributed by atoms with van der Waals surface area (Å²) in [6.45, 7) is 3.40. The zero-order chi connectivity index (χ0) is 15.3. The number of fused-ring (bicyclic) bond motifs is 2. The Morgan fingerprint density at radius 2 is 2.17 bits per heavy atom. The average molecular weight is 354 g/mol. The van der Waals surface area contributed by atoms with Gasteiger partial charge in [0.2, 0.25) is 0 Å². The van der Waals surface area contributed by atoms with E-state index in [1.54, 1.807) is 17.4 Å². The molecule has 0 saturated carbocycles. The number of hydrogen-bond donors (Lipinski definition) is 0. The number of aryl methyl sites for hydroxylation is 1. The van der Waals surface area contributed by atoms with E-state index in [0.717, 1.165) is 33.7 Å². The monoisotopic (exact) mass is 353 g/mol. The van der Waals surface area contributed by atoms with Crippen molar-refractivity contribution >= 4 is 33.8 Å². The van der Waals surface area contributed by atoms with E-state index in [0.29, 0.717) is 12.3 Å². The van der Waals surface area contributed by atoms with Crippen molar-refractivity contribution < 1.29 is 13.5 Å². The quantitative estimate of drug-likeness (QED) is 0.653. The third-order valence-electron chi connectivity index (χ3n) is 4.00. The summed E-state index contributed by atoms with van der Waals surface area (Å²) in [5.41, 5.74) is 1.03. The molecule has 122 valence electrons. The van der Waals surface area contributed by atoms with Crippen LogP contribution in [0.4, 0.5) is 4.39 Å². The Hall–Kier alpha value is -1.56. The molecule has 1 atom stereocenters. The van der Waals surface area contributed by atoms with Crippen LogP contribution >= 0.6 is 23.7 Å². The number of halogens is 2. The first-order chi connectivity index (χ1) is 10.6. The first kappa shape index (κ1) is 16.3. The highest BCUT2D eigenvalue weighted by Gasteiger charge is 2.29. The van der Waals surface area contributed by atoms with Crippen LogP contribution in [-0.2, 0) is 6.54 Å². The van der Waals surface area contributed by atoms with Gasteiger partial charge in [0.25, 0.3) is 0 Å². The van der Waals surface area contributed by atoms with Crippen LogP contribution in [0, 0.1) is 12.7 Å². The maximum absolute atomic E-state index is 14.3. The standard InChI is InChI=1S/C17H16FNO2S.ClH/c1-10-7-12-14(20-10)8-19(2)9-15(12)21-17-11-5-6-22-16(11)4-3-13(17)18;/h3-7,15H,8-9H2,1-2H3;1H. The summed E-state index contributed by atoms with van der Waals surface area (Å²) in [5.74, 6) is 1.79. The largest absolute Gasteiger partial charge is 0.480 e. The highest BCUT2D eigenvalue weighted by Crippen LogP contribution is 2.38. The van der Waals surface area contributed by atoms with Gasteiger partial charge in [-0.3, -0.25) is 4.90 Å². The molecule has 0 saturated heterocycles. The highest BCUT2D eigenvalue weighted by atomic mass is 35.5. The van der Waals surface area contributed by atoms with Gasteiger partial charge in [-0.25, -0.2) is 4.39 Å². The summed E-state index contributed by atoms with van der Waals surface area (Å²) in [5, 5.41) is 2.79. The minimum atomic E-state index is -0.319. The van der Waals surface area contributed by atoms with E-state index in [9.17, 15) is 4.39 Å². The molecular formula is C17H17ClFNO2S. The second-order valence-electron chi connectivity index (χ2n) is 5.75. The molecule has 0 fully saturated rings. The van der Waals surface area contributed by atoms with Crippen molar-refractivity contribution in [2.75, 3.05) is 13.6 Å². The zero-order valence-corrected chi connectivity index (χ0v) is 14.5. The number of nitrogens with zero attached hydrogens (tertiary/aromatic N) is 1. The fraction of sp³-hybridized carbons (Fsp3) is 0.294. The van der Waals surface area contributed by atoms with Crippen molar-refractivity contribution in [3.8, 4) is 5.75 Å². The van der Waals surface area contributed by atoms with E-state index in [2.05, 4.69) is 4.90 Å². The fourth-order valence-corrected chi connectivity index (χ4v) is 3.81. The lowest BCUT2D eigenvalue weighted by Crippen LogP contribution is -2.32. The molecular weight excluding hydrogens is 337 g/mol. The van der Waals surface area contributed by atoms with Crippen LogP contribution < -0.4 is 4.74 Å². The van der Waals surface area contributed by atoms with Crippen LogP contribution in [0.2, 0.25) is 0 Å². The van der Waals surface area contributed by atoms with Crippen molar-refractivity contribution in [3.63, 3.8) is 0 Å². The maximum Gasteiger partial charge on any atom is 0.165 e. The lowest BCUT2D eigenvalue weighted by molar-refractivity contribution is 0.117. The van der Waals surface area contributed by atoms with Crippen LogP contribution in [0.3, 0.4) is 0 Å². The summed E-state index contributed by atoms with van der Waals surface area (Å²) in [7, 11) is 2.01. The van der Waals surface area contributed by atoms with E-state index in [-0.39, 0.29) is 24.3 Å². The molecule has 1 aliphatic heterocycles. The number of likely N-dealkylation sites (N-methyl/N-ethyl adjacent to an activating group) is 1. The summed E-state index contributed by atoms with van der Waals surface area (Å²) >= 11 is 1.59. The lowest BCUT2D eigenvalue weighted by atomic mass is 10.0. The number of thiophene rings is 1. The van der Waals surface area contributed by atoms with Gasteiger partial charge in [0.1, 0.15) is 17.6 Å². The Bertz CT molecular complexity index is 844. The van der Waals surface area contributed by atoms with Crippen LogP contribution in [-0.4, -0.2) is 18.5 Å². The molecule has 1 unspecified atom stereocenters. The van der Waals surface area contributed by atoms with Gasteiger partial charge in [-0.2, -0.15) is 0 Å². The van der Waals surface area contributed by atoms with Gasteiger partial charge < -0.3 is 9.15 Å². The van der Waals surface area contributed by atoms with Gasteiger partial charge in [-0.05, 0) is 43.6 Å². The minimum absolute atomic E-state index is 0. The predicted molar refractivity (Wildman–Crippen MR) is 92.2 cm³/mol. The second-order valence-corrected chi connectivity index (χ2v) is 6.70. The topological polar surface area (TPSA) is 25.6 Å². The minimum Gasteiger partial charge on any atom is -0.480 e. The summed E-state index contributed by atoms with van der Waals surface area (Å²) < 4.78 is 27.1. The highest BCUT2D eigenvalue weighted by molar-refractivity contribution is 7.17. The van der Waals surface area contributed by atoms with Gasteiger partial charge in [-0.1, -0.05) is 0 Å². The zero-order valence-electron chi connectivity index (χ0n) is 12.8. The van der Waals surface area contributed by atoms with Crippen LogP contribution in [0.15, 0.2) is 34.1 Å². The van der Waals surface area contributed by atoms with Crippen molar-refractivity contribution in [2.24, 2.45) is 0 Å². The number of rotatable bonds is 2. The Morgan fingerprint density at radius 3 is 3.00 bits per heavy atom. The molecule has 4 rings (SSSR count). The fourth-order valence-electron chi connectivity index (χ4n) is 3.02. The van der Waals surface area contributed by atoms with Crippen molar-refractivity contribution in [2.45, 2.75) is 19.6 Å². The third kappa shape index (κ3) is 2.84. The second kappa shape index (κ2) is 6.15. The Balaban J connectivity index is 0.00000156. The Morgan fingerprint density at radius 1 is 1.35 bits per heavy atom. The molecule has 0 radical (unpaired) electrons. The van der Waals surface area contributed by atoms with Crippen molar-refractivity contribution in [1.82, 2.24) is 4.90 Å². The lowest BCUT2D eigenvalue weighted by Gasteiger charge is -2.29. The molecule has 0 aliphatic carbocycles. The Kier molecular flexibility index (Phi) is 4.36.